The molecule has 0 aliphatic rings. The van der Waals surface area contributed by atoms with Crippen LogP contribution < -0.4 is 20.7 Å². The highest BCUT2D eigenvalue weighted by atomic mass is 16.6. The zero-order valence-corrected chi connectivity index (χ0v) is 18.3. The third kappa shape index (κ3) is 9.20. The molecular weight excluding hydrogens is 398 g/mol. The first kappa shape index (κ1) is 23.7. The minimum absolute atomic E-state index is 0.0873. The number of anilines is 1. The molecule has 0 saturated carbocycles. The van der Waals surface area contributed by atoms with Gasteiger partial charge in [0, 0.05) is 12.2 Å². The van der Waals surface area contributed by atoms with Gasteiger partial charge in [0.25, 0.3) is 0 Å². The Morgan fingerprint density at radius 2 is 1.45 bits per heavy atom. The highest BCUT2D eigenvalue weighted by molar-refractivity contribution is 5.93. The summed E-state index contributed by atoms with van der Waals surface area (Å²) in [5, 5.41) is 7.96. The fraction of sp³-hybridized carbons (Fsp3) is 0.348. The lowest BCUT2D eigenvalue weighted by Crippen LogP contribution is -2.37. The van der Waals surface area contributed by atoms with Crippen LogP contribution in [0.4, 0.5) is 10.5 Å². The molecule has 31 heavy (non-hydrogen) atoms. The van der Waals surface area contributed by atoms with E-state index < -0.39 is 11.7 Å². The van der Waals surface area contributed by atoms with Gasteiger partial charge in [0.1, 0.15) is 17.9 Å². The van der Waals surface area contributed by atoms with Crippen LogP contribution in [0, 0.1) is 0 Å². The summed E-state index contributed by atoms with van der Waals surface area (Å²) < 4.78 is 10.2. The Bertz CT molecular complexity index is 887. The van der Waals surface area contributed by atoms with Gasteiger partial charge < -0.3 is 25.4 Å². The van der Waals surface area contributed by atoms with Gasteiger partial charge in [-0.15, -0.1) is 0 Å². The monoisotopic (exact) mass is 427 g/mol. The van der Waals surface area contributed by atoms with E-state index >= 15 is 0 Å². The van der Waals surface area contributed by atoms with Gasteiger partial charge in [-0.2, -0.15) is 0 Å². The van der Waals surface area contributed by atoms with E-state index in [-0.39, 0.29) is 24.8 Å². The van der Waals surface area contributed by atoms with E-state index in [2.05, 4.69) is 16.0 Å². The molecule has 0 heterocycles. The van der Waals surface area contributed by atoms with Crippen molar-refractivity contribution in [3.05, 3.63) is 59.7 Å². The van der Waals surface area contributed by atoms with Crippen molar-refractivity contribution < 1.29 is 23.9 Å². The molecule has 3 amide bonds. The second kappa shape index (κ2) is 11.0. The topological polar surface area (TPSA) is 106 Å². The van der Waals surface area contributed by atoms with Gasteiger partial charge in [-0.05, 0) is 56.2 Å². The number of amides is 3. The summed E-state index contributed by atoms with van der Waals surface area (Å²) in [6.45, 7) is 5.42. The number of rotatable bonds is 8. The molecule has 3 N–H and O–H groups in total. The predicted molar refractivity (Wildman–Crippen MR) is 118 cm³/mol. The third-order valence-corrected chi connectivity index (χ3v) is 4.04. The van der Waals surface area contributed by atoms with E-state index in [1.165, 1.54) is 0 Å². The number of carbonyl (C=O) groups excluding carboxylic acids is 3. The van der Waals surface area contributed by atoms with Gasteiger partial charge in [0.05, 0.1) is 13.5 Å². The SMILES string of the molecule is COc1ccc(CC(=O)NCc2ccc(NC(=O)CNC(=O)OC(C)(C)C)cc2)cc1. The van der Waals surface area contributed by atoms with Crippen LogP contribution in [0.25, 0.3) is 0 Å². The summed E-state index contributed by atoms with van der Waals surface area (Å²) in [6.07, 6.45) is -0.369. The highest BCUT2D eigenvalue weighted by Gasteiger charge is 2.16. The maximum absolute atomic E-state index is 12.1. The van der Waals surface area contributed by atoms with E-state index in [4.69, 9.17) is 9.47 Å². The number of ether oxygens (including phenoxy) is 2. The summed E-state index contributed by atoms with van der Waals surface area (Å²) in [4.78, 5) is 35.7. The fourth-order valence-corrected chi connectivity index (χ4v) is 2.57. The summed E-state index contributed by atoms with van der Waals surface area (Å²) in [5.41, 5.74) is 1.76. The van der Waals surface area contributed by atoms with Gasteiger partial charge in [-0.25, -0.2) is 4.79 Å². The Labute approximate surface area is 182 Å². The molecule has 0 atom stereocenters. The van der Waals surface area contributed by atoms with Gasteiger partial charge in [0.2, 0.25) is 11.8 Å². The van der Waals surface area contributed by atoms with Crippen molar-refractivity contribution in [1.82, 2.24) is 10.6 Å². The number of methoxy groups -OCH3 is 1. The smallest absolute Gasteiger partial charge is 0.408 e. The molecule has 2 aromatic carbocycles. The molecule has 0 aliphatic carbocycles. The first-order valence-electron chi connectivity index (χ1n) is 9.90. The molecule has 8 nitrogen and oxygen atoms in total. The normalized spacial score (nSPS) is 10.7. The van der Waals surface area contributed by atoms with Crippen molar-refractivity contribution >= 4 is 23.6 Å². The molecule has 0 bridgehead atoms. The Balaban J connectivity index is 1.73. The fourth-order valence-electron chi connectivity index (χ4n) is 2.57. The molecule has 166 valence electrons. The third-order valence-electron chi connectivity index (χ3n) is 4.04. The number of benzene rings is 2. The van der Waals surface area contributed by atoms with Crippen molar-refractivity contribution in [1.29, 1.82) is 0 Å². The zero-order chi connectivity index (χ0) is 22.9. The van der Waals surface area contributed by atoms with Gasteiger partial charge in [0.15, 0.2) is 0 Å². The zero-order valence-electron chi connectivity index (χ0n) is 18.3. The van der Waals surface area contributed by atoms with E-state index in [1.54, 1.807) is 40.0 Å². The largest absolute Gasteiger partial charge is 0.497 e. The first-order chi connectivity index (χ1) is 14.6. The van der Waals surface area contributed by atoms with Crippen LogP contribution in [0.5, 0.6) is 5.75 Å². The summed E-state index contributed by atoms with van der Waals surface area (Å²) in [7, 11) is 1.60. The molecule has 0 aliphatic heterocycles. The molecule has 0 saturated heterocycles. The molecule has 0 aromatic heterocycles. The maximum atomic E-state index is 12.1. The van der Waals surface area contributed by atoms with Crippen molar-refractivity contribution in [2.45, 2.75) is 39.3 Å². The summed E-state index contributed by atoms with van der Waals surface area (Å²) >= 11 is 0. The molecule has 8 heteroatoms. The summed E-state index contributed by atoms with van der Waals surface area (Å²) in [5.74, 6) is 0.291. The molecule has 0 fully saturated rings. The number of carbonyl (C=O) groups is 3. The van der Waals surface area contributed by atoms with Crippen molar-refractivity contribution in [2.75, 3.05) is 19.0 Å². The van der Waals surface area contributed by atoms with E-state index in [9.17, 15) is 14.4 Å². The Morgan fingerprint density at radius 3 is 2.03 bits per heavy atom. The second-order valence-corrected chi connectivity index (χ2v) is 7.90. The first-order valence-corrected chi connectivity index (χ1v) is 9.90. The molecule has 0 spiro atoms. The van der Waals surface area contributed by atoms with Crippen LogP contribution in [-0.2, 0) is 27.3 Å². The van der Waals surface area contributed by atoms with Gasteiger partial charge in [-0.1, -0.05) is 24.3 Å². The van der Waals surface area contributed by atoms with Crippen molar-refractivity contribution in [3.8, 4) is 5.75 Å². The van der Waals surface area contributed by atoms with Gasteiger partial charge in [-0.3, -0.25) is 9.59 Å². The minimum atomic E-state index is -0.650. The standard InChI is InChI=1S/C23H29N3O5/c1-23(2,3)31-22(29)25-15-21(28)26-18-9-5-17(6-10-18)14-24-20(27)13-16-7-11-19(30-4)12-8-16/h5-12H,13-15H2,1-4H3,(H,24,27)(H,25,29)(H,26,28). The maximum Gasteiger partial charge on any atom is 0.408 e. The lowest BCUT2D eigenvalue weighted by Gasteiger charge is -2.19. The van der Waals surface area contributed by atoms with Crippen LogP contribution in [0.1, 0.15) is 31.9 Å². The average Bonchev–Trinajstić information content (AvgIpc) is 2.71. The Morgan fingerprint density at radius 1 is 0.839 bits per heavy atom. The quantitative estimate of drug-likeness (QED) is 0.601. The summed E-state index contributed by atoms with van der Waals surface area (Å²) in [6, 6.07) is 14.4. The van der Waals surface area contributed by atoms with Crippen molar-refractivity contribution in [3.63, 3.8) is 0 Å². The number of alkyl carbamates (subject to hydrolysis) is 1. The molecule has 2 aromatic rings. The molecule has 0 radical (unpaired) electrons. The lowest BCUT2D eigenvalue weighted by molar-refractivity contribution is -0.120. The molecular formula is C23H29N3O5. The number of nitrogens with one attached hydrogen (secondary N) is 3. The van der Waals surface area contributed by atoms with E-state index in [0.717, 1.165) is 16.9 Å². The highest BCUT2D eigenvalue weighted by Crippen LogP contribution is 2.12. The van der Waals surface area contributed by atoms with Crippen LogP contribution in [0.2, 0.25) is 0 Å². The average molecular weight is 428 g/mol. The molecule has 0 unspecified atom stereocenters. The van der Waals surface area contributed by atoms with Crippen molar-refractivity contribution in [2.24, 2.45) is 0 Å². The Kier molecular flexibility index (Phi) is 8.43. The van der Waals surface area contributed by atoms with Crippen LogP contribution in [0.15, 0.2) is 48.5 Å². The van der Waals surface area contributed by atoms with Crippen LogP contribution in [0.3, 0.4) is 0 Å². The minimum Gasteiger partial charge on any atom is -0.497 e. The van der Waals surface area contributed by atoms with Crippen LogP contribution in [-0.4, -0.2) is 37.2 Å². The van der Waals surface area contributed by atoms with Crippen LogP contribution >= 0.6 is 0 Å². The molecule has 2 rings (SSSR count). The van der Waals surface area contributed by atoms with E-state index in [1.807, 2.05) is 36.4 Å². The lowest BCUT2D eigenvalue weighted by atomic mass is 10.1. The van der Waals surface area contributed by atoms with E-state index in [0.29, 0.717) is 12.2 Å². The van der Waals surface area contributed by atoms with Gasteiger partial charge >= 0.3 is 6.09 Å². The number of hydrogen-bond donors (Lipinski definition) is 3. The Hall–Kier alpha value is -3.55. The number of hydrogen-bond acceptors (Lipinski definition) is 5. The predicted octanol–water partition coefficient (Wildman–Crippen LogP) is 3.02. The second-order valence-electron chi connectivity index (χ2n) is 7.90.